The molecule has 0 unspecified atom stereocenters. The van der Waals surface area contributed by atoms with Crippen LogP contribution in [0.25, 0.3) is 39.0 Å². The summed E-state index contributed by atoms with van der Waals surface area (Å²) in [5.74, 6) is 1.93. The molecule has 0 radical (unpaired) electrons. The Morgan fingerprint density at radius 3 is 2.36 bits per heavy atom. The van der Waals surface area contributed by atoms with Crippen LogP contribution in [0.2, 0.25) is 0 Å². The molecule has 1 N–H and O–H groups in total. The summed E-state index contributed by atoms with van der Waals surface area (Å²) in [5.41, 5.74) is 4.69. The van der Waals surface area contributed by atoms with Crippen LogP contribution in [-0.2, 0) is 12.7 Å². The normalized spacial score (nSPS) is 15.0. The molecule has 0 saturated carbocycles. The first-order chi connectivity index (χ1) is 20.4. The van der Waals surface area contributed by atoms with E-state index >= 15 is 0 Å². The van der Waals surface area contributed by atoms with E-state index in [1.807, 2.05) is 60.7 Å². The second-order valence-corrected chi connectivity index (χ2v) is 11.3. The molecule has 2 aromatic carbocycles. The van der Waals surface area contributed by atoms with Crippen LogP contribution in [0, 0.1) is 0 Å². The first-order valence-electron chi connectivity index (χ1n) is 13.6. The highest BCUT2D eigenvalue weighted by Crippen LogP contribution is 2.38. The van der Waals surface area contributed by atoms with Crippen molar-refractivity contribution >= 4 is 16.3 Å². The van der Waals surface area contributed by atoms with Gasteiger partial charge < -0.3 is 4.98 Å². The van der Waals surface area contributed by atoms with Gasteiger partial charge in [0.25, 0.3) is 0 Å². The molecular weight excluding hydrogens is 561 g/mol. The van der Waals surface area contributed by atoms with Gasteiger partial charge in [0.1, 0.15) is 22.9 Å². The third kappa shape index (κ3) is 5.19. The highest BCUT2D eigenvalue weighted by molar-refractivity contribution is 7.16. The molecular formula is C30H25F3N8S. The zero-order valence-electron chi connectivity index (χ0n) is 22.3. The van der Waals surface area contributed by atoms with E-state index < -0.39 is 11.2 Å². The van der Waals surface area contributed by atoms with Gasteiger partial charge in [-0.25, -0.2) is 9.50 Å². The summed E-state index contributed by atoms with van der Waals surface area (Å²) in [4.78, 5) is 14.9. The Bertz CT molecular complexity index is 1800. The predicted octanol–water partition coefficient (Wildman–Crippen LogP) is 6.70. The lowest BCUT2D eigenvalue weighted by molar-refractivity contribution is -0.138. The average molecular weight is 587 g/mol. The number of benzene rings is 2. The van der Waals surface area contributed by atoms with Gasteiger partial charge in [0, 0.05) is 29.8 Å². The lowest BCUT2D eigenvalue weighted by atomic mass is 9.95. The molecule has 0 atom stereocenters. The summed E-state index contributed by atoms with van der Waals surface area (Å²) in [7, 11) is 0. The number of nitrogens with zero attached hydrogens (tertiary/aromatic N) is 7. The van der Waals surface area contributed by atoms with E-state index in [0.717, 1.165) is 60.7 Å². The molecule has 1 aliphatic heterocycles. The van der Waals surface area contributed by atoms with Gasteiger partial charge in [0.2, 0.25) is 9.97 Å². The predicted molar refractivity (Wildman–Crippen MR) is 154 cm³/mol. The molecule has 6 aromatic rings. The zero-order valence-corrected chi connectivity index (χ0v) is 23.1. The second kappa shape index (κ2) is 10.8. The number of aromatic amines is 1. The van der Waals surface area contributed by atoms with Crippen molar-refractivity contribution in [2.24, 2.45) is 0 Å². The standard InChI is InChI=1S/C30H25F3N8S/c31-30(32,33)28-39-41-25(21-6-2-1-3-7-21)24(35-29(41)42-28)20-11-9-19(10-12-20)18-40-16-13-22(14-17-40)26-36-27(38-37-26)23-8-4-5-15-34-23/h1-12,15,22H,13-14,16-18H2,(H,36,37,38). The number of H-pyrrole nitrogens is 1. The van der Waals surface area contributed by atoms with Crippen LogP contribution >= 0.6 is 11.3 Å². The number of fused-ring (bicyclic) bond motifs is 1. The van der Waals surface area contributed by atoms with Crippen LogP contribution in [0.1, 0.15) is 35.2 Å². The van der Waals surface area contributed by atoms with E-state index in [2.05, 4.69) is 47.3 Å². The van der Waals surface area contributed by atoms with Crippen molar-refractivity contribution in [2.75, 3.05) is 13.1 Å². The number of halogens is 3. The van der Waals surface area contributed by atoms with Gasteiger partial charge >= 0.3 is 6.18 Å². The average Bonchev–Trinajstić information content (AvgIpc) is 3.74. The molecule has 0 spiro atoms. The third-order valence-corrected chi connectivity index (χ3v) is 8.47. The summed E-state index contributed by atoms with van der Waals surface area (Å²) in [6.45, 7) is 2.69. The Morgan fingerprint density at radius 1 is 0.881 bits per heavy atom. The van der Waals surface area contributed by atoms with Crippen molar-refractivity contribution in [1.82, 2.24) is 39.7 Å². The van der Waals surface area contributed by atoms with Crippen LogP contribution in [-0.4, -0.2) is 52.8 Å². The quantitative estimate of drug-likeness (QED) is 0.234. The monoisotopic (exact) mass is 586 g/mol. The summed E-state index contributed by atoms with van der Waals surface area (Å²) >= 11 is 0.549. The molecule has 0 amide bonds. The molecule has 0 bridgehead atoms. The fourth-order valence-electron chi connectivity index (χ4n) is 5.39. The van der Waals surface area contributed by atoms with Crippen molar-refractivity contribution < 1.29 is 13.2 Å². The highest BCUT2D eigenvalue weighted by atomic mass is 32.1. The van der Waals surface area contributed by atoms with Crippen molar-refractivity contribution in [1.29, 1.82) is 0 Å². The Hall–Kier alpha value is -4.42. The SMILES string of the molecule is FC(F)(F)c1nn2c(-c3ccccc3)c(-c3ccc(CN4CCC(c5nnc(-c6ccccn6)[nH]5)CC4)cc3)nc2s1. The smallest absolute Gasteiger partial charge is 0.323 e. The van der Waals surface area contributed by atoms with Crippen molar-refractivity contribution in [3.63, 3.8) is 0 Å². The summed E-state index contributed by atoms with van der Waals surface area (Å²) in [6, 6.07) is 23.1. The molecule has 212 valence electrons. The fraction of sp³-hybridized carbons (Fsp3) is 0.233. The fourth-order valence-corrected chi connectivity index (χ4v) is 6.15. The molecule has 12 heteroatoms. The number of rotatable bonds is 6. The maximum absolute atomic E-state index is 13.4. The van der Waals surface area contributed by atoms with E-state index in [4.69, 9.17) is 0 Å². The van der Waals surface area contributed by atoms with Crippen LogP contribution in [0.15, 0.2) is 79.0 Å². The van der Waals surface area contributed by atoms with E-state index in [0.29, 0.717) is 34.5 Å². The highest BCUT2D eigenvalue weighted by Gasteiger charge is 2.37. The minimum absolute atomic E-state index is 0.210. The van der Waals surface area contributed by atoms with Gasteiger partial charge in [-0.2, -0.15) is 13.2 Å². The van der Waals surface area contributed by atoms with Gasteiger partial charge in [-0.15, -0.1) is 15.3 Å². The summed E-state index contributed by atoms with van der Waals surface area (Å²) in [6.07, 6.45) is -0.818. The maximum atomic E-state index is 13.4. The lowest BCUT2D eigenvalue weighted by Gasteiger charge is -2.30. The topological polar surface area (TPSA) is 87.9 Å². The van der Waals surface area contributed by atoms with E-state index in [-0.39, 0.29) is 4.96 Å². The number of piperidine rings is 1. The van der Waals surface area contributed by atoms with Crippen molar-refractivity contribution in [3.8, 4) is 34.0 Å². The van der Waals surface area contributed by atoms with Gasteiger partial charge in [-0.1, -0.05) is 72.0 Å². The number of hydrogen-bond donors (Lipinski definition) is 1. The number of imidazole rings is 1. The van der Waals surface area contributed by atoms with Crippen LogP contribution in [0.4, 0.5) is 13.2 Å². The number of hydrogen-bond acceptors (Lipinski definition) is 7. The number of pyridine rings is 1. The largest absolute Gasteiger partial charge is 0.445 e. The first-order valence-corrected chi connectivity index (χ1v) is 14.4. The van der Waals surface area contributed by atoms with Crippen LogP contribution in [0.3, 0.4) is 0 Å². The maximum Gasteiger partial charge on any atom is 0.445 e. The van der Waals surface area contributed by atoms with Crippen molar-refractivity contribution in [2.45, 2.75) is 31.5 Å². The number of alkyl halides is 3. The minimum Gasteiger partial charge on any atom is -0.323 e. The Morgan fingerprint density at radius 2 is 1.64 bits per heavy atom. The molecule has 1 aliphatic rings. The second-order valence-electron chi connectivity index (χ2n) is 10.3. The first kappa shape index (κ1) is 26.5. The Labute approximate surface area is 242 Å². The van der Waals surface area contributed by atoms with Gasteiger partial charge in [0.15, 0.2) is 5.82 Å². The van der Waals surface area contributed by atoms with Crippen LogP contribution < -0.4 is 0 Å². The molecule has 8 nitrogen and oxygen atoms in total. The molecule has 1 fully saturated rings. The van der Waals surface area contributed by atoms with Gasteiger partial charge in [-0.05, 0) is 43.6 Å². The zero-order chi connectivity index (χ0) is 28.7. The Kier molecular flexibility index (Phi) is 6.79. The minimum atomic E-state index is -4.52. The molecule has 4 aromatic heterocycles. The van der Waals surface area contributed by atoms with Crippen molar-refractivity contribution in [3.05, 3.63) is 95.4 Å². The Balaban J connectivity index is 1.05. The number of likely N-dealkylation sites (tertiary alicyclic amines) is 1. The molecule has 42 heavy (non-hydrogen) atoms. The summed E-state index contributed by atoms with van der Waals surface area (Å²) in [5, 5.41) is 11.6. The van der Waals surface area contributed by atoms with Gasteiger partial charge in [-0.3, -0.25) is 9.88 Å². The number of nitrogens with one attached hydrogen (secondary N) is 1. The van der Waals surface area contributed by atoms with Crippen LogP contribution in [0.5, 0.6) is 0 Å². The third-order valence-electron chi connectivity index (χ3n) is 7.51. The molecule has 5 heterocycles. The lowest BCUT2D eigenvalue weighted by Crippen LogP contribution is -2.32. The number of aromatic nitrogens is 7. The molecule has 7 rings (SSSR count). The molecule has 1 saturated heterocycles. The van der Waals surface area contributed by atoms with E-state index in [1.165, 1.54) is 4.52 Å². The van der Waals surface area contributed by atoms with Gasteiger partial charge in [0.05, 0.1) is 0 Å². The van der Waals surface area contributed by atoms with E-state index in [9.17, 15) is 13.2 Å². The summed E-state index contributed by atoms with van der Waals surface area (Å²) < 4.78 is 41.4. The molecule has 0 aliphatic carbocycles. The van der Waals surface area contributed by atoms with E-state index in [1.54, 1.807) is 6.20 Å².